The van der Waals surface area contributed by atoms with Gasteiger partial charge >= 0.3 is 0 Å². The van der Waals surface area contributed by atoms with Crippen LogP contribution in [0.1, 0.15) is 37.0 Å². The largest absolute Gasteiger partial charge is 0.399 e. The Morgan fingerprint density at radius 3 is 2.78 bits per heavy atom. The molecular weight excluding hydrogens is 234 g/mol. The first kappa shape index (κ1) is 14.0. The molecule has 0 aliphatic heterocycles. The van der Waals surface area contributed by atoms with Crippen LogP contribution in [0, 0.1) is 10.1 Å². The molecule has 1 amide bonds. The normalized spacial score (nSPS) is 11.9. The second kappa shape index (κ2) is 6.00. The van der Waals surface area contributed by atoms with Gasteiger partial charge in [0.15, 0.2) is 0 Å². The third-order valence-electron chi connectivity index (χ3n) is 2.56. The number of carbonyl (C=O) groups excluding carboxylic acids is 1. The maximum Gasteiger partial charge on any atom is 0.282 e. The molecule has 6 heteroatoms. The van der Waals surface area contributed by atoms with Crippen LogP contribution >= 0.6 is 0 Å². The van der Waals surface area contributed by atoms with Gasteiger partial charge in [-0.15, -0.1) is 0 Å². The van der Waals surface area contributed by atoms with Gasteiger partial charge in [-0.05, 0) is 25.5 Å². The van der Waals surface area contributed by atoms with Gasteiger partial charge in [-0.1, -0.05) is 13.3 Å². The zero-order valence-corrected chi connectivity index (χ0v) is 10.5. The van der Waals surface area contributed by atoms with Crippen molar-refractivity contribution >= 4 is 17.3 Å². The van der Waals surface area contributed by atoms with E-state index in [0.29, 0.717) is 5.69 Å². The molecule has 6 nitrogen and oxygen atoms in total. The van der Waals surface area contributed by atoms with Crippen LogP contribution in [0.5, 0.6) is 0 Å². The Kier molecular flexibility index (Phi) is 4.65. The SMILES string of the molecule is CCCC(C)NC(=O)c1cc(N)ccc1[N+](=O)[O-]. The first-order chi connectivity index (χ1) is 8.45. The number of rotatable bonds is 5. The smallest absolute Gasteiger partial charge is 0.282 e. The van der Waals surface area contributed by atoms with Crippen molar-refractivity contribution < 1.29 is 9.72 Å². The average molecular weight is 251 g/mol. The third-order valence-corrected chi connectivity index (χ3v) is 2.56. The Bertz CT molecular complexity index is 460. The van der Waals surface area contributed by atoms with Gasteiger partial charge in [-0.3, -0.25) is 14.9 Å². The standard InChI is InChI=1S/C12H17N3O3/c1-3-4-8(2)14-12(16)10-7-9(13)5-6-11(10)15(17)18/h5-8H,3-4,13H2,1-2H3,(H,14,16). The molecule has 1 aromatic rings. The fourth-order valence-corrected chi connectivity index (χ4v) is 1.70. The quantitative estimate of drug-likeness (QED) is 0.475. The number of nitrogen functional groups attached to an aromatic ring is 1. The number of nitrogens with zero attached hydrogens (tertiary/aromatic N) is 1. The Balaban J connectivity index is 2.97. The highest BCUT2D eigenvalue weighted by Gasteiger charge is 2.21. The van der Waals surface area contributed by atoms with E-state index in [9.17, 15) is 14.9 Å². The second-order valence-corrected chi connectivity index (χ2v) is 4.20. The molecule has 0 bridgehead atoms. The van der Waals surface area contributed by atoms with Gasteiger partial charge in [0, 0.05) is 17.8 Å². The highest BCUT2D eigenvalue weighted by Crippen LogP contribution is 2.21. The zero-order valence-electron chi connectivity index (χ0n) is 10.5. The molecule has 0 aliphatic rings. The number of carbonyl (C=O) groups is 1. The summed E-state index contributed by atoms with van der Waals surface area (Å²) in [7, 11) is 0. The van der Waals surface area contributed by atoms with Crippen LogP contribution in [0.15, 0.2) is 18.2 Å². The highest BCUT2D eigenvalue weighted by molar-refractivity contribution is 5.99. The lowest BCUT2D eigenvalue weighted by atomic mass is 10.1. The fraction of sp³-hybridized carbons (Fsp3) is 0.417. The van der Waals surface area contributed by atoms with Crippen molar-refractivity contribution in [2.24, 2.45) is 0 Å². The summed E-state index contributed by atoms with van der Waals surface area (Å²) in [6.45, 7) is 3.87. The van der Waals surface area contributed by atoms with E-state index in [2.05, 4.69) is 5.32 Å². The Hall–Kier alpha value is -2.11. The lowest BCUT2D eigenvalue weighted by Crippen LogP contribution is -2.32. The topological polar surface area (TPSA) is 98.3 Å². The Labute approximate surface area is 105 Å². The summed E-state index contributed by atoms with van der Waals surface area (Å²) in [6, 6.07) is 3.95. The van der Waals surface area contributed by atoms with Gasteiger partial charge < -0.3 is 11.1 Å². The van der Waals surface area contributed by atoms with Crippen molar-refractivity contribution in [1.82, 2.24) is 5.32 Å². The van der Waals surface area contributed by atoms with Crippen LogP contribution < -0.4 is 11.1 Å². The monoisotopic (exact) mass is 251 g/mol. The molecule has 0 radical (unpaired) electrons. The molecule has 98 valence electrons. The lowest BCUT2D eigenvalue weighted by molar-refractivity contribution is -0.385. The van der Waals surface area contributed by atoms with Gasteiger partial charge in [0.1, 0.15) is 5.56 Å². The molecule has 0 fully saturated rings. The predicted molar refractivity (Wildman–Crippen MR) is 69.3 cm³/mol. The number of hydrogen-bond donors (Lipinski definition) is 2. The number of nitro groups is 1. The molecule has 0 saturated carbocycles. The van der Waals surface area contributed by atoms with Crippen LogP contribution in [0.25, 0.3) is 0 Å². The average Bonchev–Trinajstić information content (AvgIpc) is 2.28. The summed E-state index contributed by atoms with van der Waals surface area (Å²) in [5, 5.41) is 13.6. The van der Waals surface area contributed by atoms with Crippen LogP contribution in [-0.2, 0) is 0 Å². The molecule has 0 aliphatic carbocycles. The van der Waals surface area contributed by atoms with Crippen molar-refractivity contribution in [3.05, 3.63) is 33.9 Å². The van der Waals surface area contributed by atoms with E-state index in [1.807, 2.05) is 13.8 Å². The minimum atomic E-state index is -0.584. The molecule has 1 aromatic carbocycles. The summed E-state index contributed by atoms with van der Waals surface area (Å²) in [4.78, 5) is 22.2. The number of nitrogens with one attached hydrogen (secondary N) is 1. The van der Waals surface area contributed by atoms with Crippen molar-refractivity contribution in [3.8, 4) is 0 Å². The Morgan fingerprint density at radius 1 is 1.56 bits per heavy atom. The minimum Gasteiger partial charge on any atom is -0.399 e. The molecule has 0 heterocycles. The Morgan fingerprint density at radius 2 is 2.22 bits per heavy atom. The van der Waals surface area contributed by atoms with E-state index in [1.165, 1.54) is 18.2 Å². The molecule has 0 saturated heterocycles. The molecule has 1 rings (SSSR count). The maximum atomic E-state index is 11.9. The highest BCUT2D eigenvalue weighted by atomic mass is 16.6. The van der Waals surface area contributed by atoms with E-state index in [-0.39, 0.29) is 17.3 Å². The molecular formula is C12H17N3O3. The third kappa shape index (κ3) is 3.44. The van der Waals surface area contributed by atoms with Crippen molar-refractivity contribution in [1.29, 1.82) is 0 Å². The number of amides is 1. The fourth-order valence-electron chi connectivity index (χ4n) is 1.70. The summed E-state index contributed by atoms with van der Waals surface area (Å²) < 4.78 is 0. The van der Waals surface area contributed by atoms with Gasteiger partial charge in [0.05, 0.1) is 4.92 Å². The first-order valence-electron chi connectivity index (χ1n) is 5.80. The van der Waals surface area contributed by atoms with E-state index in [4.69, 9.17) is 5.73 Å². The first-order valence-corrected chi connectivity index (χ1v) is 5.80. The van der Waals surface area contributed by atoms with Crippen LogP contribution in [0.3, 0.4) is 0 Å². The molecule has 0 spiro atoms. The van der Waals surface area contributed by atoms with Crippen LogP contribution in [-0.4, -0.2) is 16.9 Å². The van der Waals surface area contributed by atoms with E-state index in [0.717, 1.165) is 12.8 Å². The predicted octanol–water partition coefficient (Wildman–Crippen LogP) is 2.10. The van der Waals surface area contributed by atoms with E-state index >= 15 is 0 Å². The van der Waals surface area contributed by atoms with Gasteiger partial charge in [-0.2, -0.15) is 0 Å². The zero-order chi connectivity index (χ0) is 13.7. The number of anilines is 1. The van der Waals surface area contributed by atoms with Gasteiger partial charge in [-0.25, -0.2) is 0 Å². The van der Waals surface area contributed by atoms with Crippen molar-refractivity contribution in [2.75, 3.05) is 5.73 Å². The number of nitrogens with two attached hydrogens (primary N) is 1. The van der Waals surface area contributed by atoms with Gasteiger partial charge in [0.25, 0.3) is 11.6 Å². The molecule has 3 N–H and O–H groups in total. The summed E-state index contributed by atoms with van der Waals surface area (Å²) in [5.74, 6) is -0.463. The summed E-state index contributed by atoms with van der Waals surface area (Å²) >= 11 is 0. The minimum absolute atomic E-state index is 0.00273. The lowest BCUT2D eigenvalue weighted by Gasteiger charge is -2.12. The number of nitro benzene ring substituents is 1. The van der Waals surface area contributed by atoms with Crippen LogP contribution in [0.2, 0.25) is 0 Å². The number of hydrogen-bond acceptors (Lipinski definition) is 4. The number of benzene rings is 1. The summed E-state index contributed by atoms with van der Waals surface area (Å²) in [6.07, 6.45) is 1.75. The van der Waals surface area contributed by atoms with Crippen molar-refractivity contribution in [3.63, 3.8) is 0 Å². The van der Waals surface area contributed by atoms with Gasteiger partial charge in [0.2, 0.25) is 0 Å². The maximum absolute atomic E-state index is 11.9. The molecule has 1 atom stereocenters. The summed E-state index contributed by atoms with van der Waals surface area (Å²) in [5.41, 5.74) is 5.65. The van der Waals surface area contributed by atoms with Crippen LogP contribution in [0.4, 0.5) is 11.4 Å². The van der Waals surface area contributed by atoms with E-state index < -0.39 is 10.8 Å². The van der Waals surface area contributed by atoms with E-state index in [1.54, 1.807) is 0 Å². The molecule has 1 unspecified atom stereocenters. The van der Waals surface area contributed by atoms with Crippen molar-refractivity contribution in [2.45, 2.75) is 32.7 Å². The molecule has 18 heavy (non-hydrogen) atoms. The molecule has 0 aromatic heterocycles. The second-order valence-electron chi connectivity index (χ2n) is 4.20.